The molecule has 2 aromatic rings. The summed E-state index contributed by atoms with van der Waals surface area (Å²) >= 11 is 0. The van der Waals surface area contributed by atoms with Crippen LogP contribution in [0.3, 0.4) is 0 Å². The number of sulfonamides is 1. The minimum absolute atomic E-state index is 0.101. The van der Waals surface area contributed by atoms with E-state index in [1.165, 1.54) is 12.1 Å². The summed E-state index contributed by atoms with van der Waals surface area (Å²) in [7, 11) is -3.88. The summed E-state index contributed by atoms with van der Waals surface area (Å²) < 4.78 is 32.0. The maximum atomic E-state index is 12.7. The second-order valence-corrected chi connectivity index (χ2v) is 7.11. The zero-order chi connectivity index (χ0) is 16.3. The molecule has 0 N–H and O–H groups in total. The number of nitrogens with zero attached hydrogens (tertiary/aromatic N) is 1. The lowest BCUT2D eigenvalue weighted by Gasteiger charge is -2.24. The van der Waals surface area contributed by atoms with Gasteiger partial charge in [0, 0.05) is 12.8 Å². The van der Waals surface area contributed by atoms with Crippen molar-refractivity contribution in [1.82, 2.24) is 4.31 Å². The Kier molecular flexibility index (Phi) is 4.45. The number of amides is 1. The Morgan fingerprint density at radius 2 is 1.61 bits per heavy atom. The van der Waals surface area contributed by atoms with Crippen molar-refractivity contribution in [2.24, 2.45) is 0 Å². The summed E-state index contributed by atoms with van der Waals surface area (Å²) in [5, 5.41) is 0. The molecule has 0 saturated carbocycles. The van der Waals surface area contributed by atoms with Gasteiger partial charge in [-0.2, -0.15) is 0 Å². The first kappa shape index (κ1) is 15.7. The summed E-state index contributed by atoms with van der Waals surface area (Å²) in [4.78, 5) is 12.2. The van der Waals surface area contributed by atoms with Crippen molar-refractivity contribution in [2.45, 2.75) is 30.6 Å². The summed E-state index contributed by atoms with van der Waals surface area (Å²) in [5.41, 5.74) is 0.934. The molecule has 0 bridgehead atoms. The molecule has 1 fully saturated rings. The molecule has 1 saturated heterocycles. The molecule has 1 heterocycles. The molecule has 5 nitrogen and oxygen atoms in total. The van der Waals surface area contributed by atoms with Crippen LogP contribution in [0.5, 0.6) is 0 Å². The van der Waals surface area contributed by atoms with Crippen LogP contribution in [0.2, 0.25) is 0 Å². The highest BCUT2D eigenvalue weighted by molar-refractivity contribution is 7.89. The van der Waals surface area contributed by atoms with Gasteiger partial charge in [-0.15, -0.1) is 0 Å². The lowest BCUT2D eigenvalue weighted by Crippen LogP contribution is -2.39. The summed E-state index contributed by atoms with van der Waals surface area (Å²) in [5.74, 6) is -0.424. The Balaban J connectivity index is 1.80. The van der Waals surface area contributed by atoms with Crippen LogP contribution in [0, 0.1) is 0 Å². The molecule has 23 heavy (non-hydrogen) atoms. The molecular weight excluding hydrogens is 314 g/mol. The number of ether oxygens (including phenoxy) is 1. The first-order valence-corrected chi connectivity index (χ1v) is 8.81. The molecule has 1 aliphatic rings. The van der Waals surface area contributed by atoms with Crippen LogP contribution in [0.15, 0.2) is 65.6 Å². The lowest BCUT2D eigenvalue weighted by atomic mass is 10.2. The van der Waals surface area contributed by atoms with Gasteiger partial charge in [0.05, 0.1) is 11.5 Å². The zero-order valence-corrected chi connectivity index (χ0v) is 13.3. The quantitative estimate of drug-likeness (QED) is 0.844. The molecule has 0 spiro atoms. The van der Waals surface area contributed by atoms with Crippen LogP contribution in [-0.4, -0.2) is 24.9 Å². The Hall–Kier alpha value is -2.18. The minimum Gasteiger partial charge on any atom is -0.352 e. The highest BCUT2D eigenvalue weighted by atomic mass is 32.2. The Morgan fingerprint density at radius 3 is 2.26 bits per heavy atom. The molecule has 0 aliphatic carbocycles. The van der Waals surface area contributed by atoms with Gasteiger partial charge in [0.2, 0.25) is 5.91 Å². The smallest absolute Gasteiger partial charge is 0.268 e. The van der Waals surface area contributed by atoms with E-state index in [2.05, 4.69) is 0 Å². The van der Waals surface area contributed by atoms with Gasteiger partial charge in [-0.1, -0.05) is 48.5 Å². The maximum absolute atomic E-state index is 12.7. The van der Waals surface area contributed by atoms with E-state index in [0.29, 0.717) is 6.42 Å². The largest absolute Gasteiger partial charge is 0.352 e. The van der Waals surface area contributed by atoms with E-state index in [9.17, 15) is 13.2 Å². The van der Waals surface area contributed by atoms with Crippen molar-refractivity contribution < 1.29 is 17.9 Å². The predicted molar refractivity (Wildman–Crippen MR) is 84.7 cm³/mol. The third-order valence-corrected chi connectivity index (χ3v) is 5.52. The van der Waals surface area contributed by atoms with E-state index >= 15 is 0 Å². The highest BCUT2D eigenvalue weighted by Gasteiger charge is 2.41. The van der Waals surface area contributed by atoms with Gasteiger partial charge in [-0.3, -0.25) is 4.79 Å². The van der Waals surface area contributed by atoms with Crippen LogP contribution in [0.4, 0.5) is 0 Å². The molecule has 0 aromatic heterocycles. The van der Waals surface area contributed by atoms with Crippen molar-refractivity contribution in [1.29, 1.82) is 0 Å². The number of hydrogen-bond donors (Lipinski definition) is 0. The normalized spacial score (nSPS) is 18.3. The third kappa shape index (κ3) is 3.28. The fraction of sp³-hybridized carbons (Fsp3) is 0.235. The maximum Gasteiger partial charge on any atom is 0.268 e. The Labute approximate surface area is 135 Å². The molecular formula is C17H17NO4S. The minimum atomic E-state index is -3.88. The number of benzene rings is 2. The van der Waals surface area contributed by atoms with Gasteiger partial charge in [0.25, 0.3) is 10.0 Å². The molecule has 6 heteroatoms. The van der Waals surface area contributed by atoms with Crippen molar-refractivity contribution in [3.8, 4) is 0 Å². The molecule has 0 radical (unpaired) electrons. The van der Waals surface area contributed by atoms with Crippen LogP contribution >= 0.6 is 0 Å². The molecule has 3 rings (SSSR count). The molecule has 2 aromatic carbocycles. The zero-order valence-electron chi connectivity index (χ0n) is 12.5. The van der Waals surface area contributed by atoms with Crippen molar-refractivity contribution in [3.05, 3.63) is 66.2 Å². The first-order chi connectivity index (χ1) is 11.1. The number of carbonyl (C=O) groups is 1. The van der Waals surface area contributed by atoms with E-state index < -0.39 is 22.2 Å². The van der Waals surface area contributed by atoms with E-state index in [4.69, 9.17) is 4.74 Å². The molecule has 1 aliphatic heterocycles. The molecule has 1 atom stereocenters. The SMILES string of the molecule is O=C1CC[C@H](OCc2ccccc2)N1S(=O)(=O)c1ccccc1. The Bertz CT molecular complexity index is 775. The van der Waals surface area contributed by atoms with Gasteiger partial charge in [0.15, 0.2) is 0 Å². The molecule has 1 amide bonds. The number of rotatable bonds is 5. The van der Waals surface area contributed by atoms with E-state index in [1.807, 2.05) is 30.3 Å². The highest BCUT2D eigenvalue weighted by Crippen LogP contribution is 2.28. The second kappa shape index (κ2) is 6.52. The van der Waals surface area contributed by atoms with E-state index in [0.717, 1.165) is 9.87 Å². The molecule has 0 unspecified atom stereocenters. The topological polar surface area (TPSA) is 63.7 Å². The monoisotopic (exact) mass is 331 g/mol. The van der Waals surface area contributed by atoms with Gasteiger partial charge in [-0.25, -0.2) is 12.7 Å². The average Bonchev–Trinajstić information content (AvgIpc) is 2.96. The third-order valence-electron chi connectivity index (χ3n) is 3.70. The van der Waals surface area contributed by atoms with Gasteiger partial charge < -0.3 is 4.74 Å². The molecule has 120 valence electrons. The van der Waals surface area contributed by atoms with E-state index in [-0.39, 0.29) is 17.9 Å². The fourth-order valence-corrected chi connectivity index (χ4v) is 4.11. The van der Waals surface area contributed by atoms with Gasteiger partial charge >= 0.3 is 0 Å². The van der Waals surface area contributed by atoms with E-state index in [1.54, 1.807) is 18.2 Å². The van der Waals surface area contributed by atoms with Crippen LogP contribution in [-0.2, 0) is 26.2 Å². The standard InChI is InChI=1S/C17H17NO4S/c19-16-11-12-17(22-13-14-7-3-1-4-8-14)18(16)23(20,21)15-9-5-2-6-10-15/h1-10,17H,11-13H2/t17-/m0/s1. The van der Waals surface area contributed by atoms with Gasteiger partial charge in [0.1, 0.15) is 6.23 Å². The predicted octanol–water partition coefficient (Wildman–Crippen LogP) is 2.54. The van der Waals surface area contributed by atoms with Crippen molar-refractivity contribution >= 4 is 15.9 Å². The van der Waals surface area contributed by atoms with Crippen molar-refractivity contribution in [2.75, 3.05) is 0 Å². The van der Waals surface area contributed by atoms with Crippen LogP contribution in [0.25, 0.3) is 0 Å². The summed E-state index contributed by atoms with van der Waals surface area (Å²) in [6, 6.07) is 17.4. The second-order valence-electron chi connectivity index (χ2n) is 5.30. The summed E-state index contributed by atoms with van der Waals surface area (Å²) in [6.45, 7) is 0.263. The average molecular weight is 331 g/mol. The van der Waals surface area contributed by atoms with Crippen molar-refractivity contribution in [3.63, 3.8) is 0 Å². The van der Waals surface area contributed by atoms with Gasteiger partial charge in [-0.05, 0) is 17.7 Å². The number of carbonyl (C=O) groups excluding carboxylic acids is 1. The number of hydrogen-bond acceptors (Lipinski definition) is 4. The first-order valence-electron chi connectivity index (χ1n) is 7.37. The summed E-state index contributed by atoms with van der Waals surface area (Å²) in [6.07, 6.45) is -0.212. The lowest BCUT2D eigenvalue weighted by molar-refractivity contribution is -0.128. The Morgan fingerprint density at radius 1 is 1.00 bits per heavy atom. The van der Waals surface area contributed by atoms with Crippen LogP contribution in [0.1, 0.15) is 18.4 Å². The fourth-order valence-electron chi connectivity index (χ4n) is 2.55. The van der Waals surface area contributed by atoms with Crippen LogP contribution < -0.4 is 0 Å².